The Morgan fingerprint density at radius 1 is 1.32 bits per heavy atom. The first-order valence-corrected chi connectivity index (χ1v) is 6.50. The molecule has 106 valence electrons. The van der Waals surface area contributed by atoms with Crippen molar-refractivity contribution in [3.63, 3.8) is 0 Å². The second-order valence-electron chi connectivity index (χ2n) is 3.65. The summed E-state index contributed by atoms with van der Waals surface area (Å²) in [6.45, 7) is 0. The molecule has 0 saturated carbocycles. The second kappa shape index (κ2) is 5.47. The van der Waals surface area contributed by atoms with Gasteiger partial charge < -0.3 is 5.11 Å². The van der Waals surface area contributed by atoms with Crippen molar-refractivity contribution in [2.24, 2.45) is 0 Å². The van der Waals surface area contributed by atoms with Crippen LogP contribution in [0.1, 0.15) is 12.0 Å². The maximum absolute atomic E-state index is 12.1. The van der Waals surface area contributed by atoms with Crippen molar-refractivity contribution in [1.82, 2.24) is 0 Å². The zero-order chi connectivity index (χ0) is 14.7. The number of aryl methyl sites for hydroxylation is 1. The largest absolute Gasteiger partial charge is 0.516 e. The SMILES string of the molecule is O=C(O)CCc1cccc(NS(=O)(=O)C(F)(F)F)c1. The van der Waals surface area contributed by atoms with E-state index in [-0.39, 0.29) is 18.5 Å². The Hall–Kier alpha value is -1.77. The van der Waals surface area contributed by atoms with E-state index < -0.39 is 21.5 Å². The Labute approximate surface area is 107 Å². The first-order chi connectivity index (χ1) is 8.62. The molecule has 0 bridgehead atoms. The van der Waals surface area contributed by atoms with Gasteiger partial charge in [0, 0.05) is 12.1 Å². The molecular weight excluding hydrogens is 287 g/mol. The van der Waals surface area contributed by atoms with Crippen LogP contribution in [0.15, 0.2) is 24.3 Å². The average Bonchev–Trinajstić information content (AvgIpc) is 2.24. The molecule has 0 radical (unpaired) electrons. The zero-order valence-electron chi connectivity index (χ0n) is 9.44. The molecule has 19 heavy (non-hydrogen) atoms. The number of alkyl halides is 3. The molecule has 1 aromatic rings. The Balaban J connectivity index is 2.86. The number of carbonyl (C=O) groups is 1. The molecule has 0 fully saturated rings. The fraction of sp³-hybridized carbons (Fsp3) is 0.300. The molecule has 0 saturated heterocycles. The van der Waals surface area contributed by atoms with Crippen LogP contribution in [0.25, 0.3) is 0 Å². The summed E-state index contributed by atoms with van der Waals surface area (Å²) in [6.07, 6.45) is -0.105. The van der Waals surface area contributed by atoms with Crippen molar-refractivity contribution in [2.75, 3.05) is 4.72 Å². The lowest BCUT2D eigenvalue weighted by Gasteiger charge is -2.11. The molecule has 5 nitrogen and oxygen atoms in total. The molecule has 0 aliphatic rings. The Bertz CT molecular complexity index is 568. The van der Waals surface area contributed by atoms with E-state index in [0.29, 0.717) is 5.56 Å². The Morgan fingerprint density at radius 2 is 1.95 bits per heavy atom. The quantitative estimate of drug-likeness (QED) is 0.870. The van der Waals surface area contributed by atoms with Gasteiger partial charge in [0.1, 0.15) is 0 Å². The summed E-state index contributed by atoms with van der Waals surface area (Å²) >= 11 is 0. The summed E-state index contributed by atoms with van der Waals surface area (Å²) in [5, 5.41) is 8.48. The van der Waals surface area contributed by atoms with Gasteiger partial charge in [-0.1, -0.05) is 12.1 Å². The summed E-state index contributed by atoms with van der Waals surface area (Å²) in [7, 11) is -5.47. The molecule has 0 atom stereocenters. The van der Waals surface area contributed by atoms with Gasteiger partial charge in [0.15, 0.2) is 0 Å². The van der Waals surface area contributed by atoms with E-state index >= 15 is 0 Å². The first kappa shape index (κ1) is 15.3. The standard InChI is InChI=1S/C10H10F3NO4S/c11-10(12,13)19(17,18)14-8-3-1-2-7(6-8)4-5-9(15)16/h1-3,6,14H,4-5H2,(H,15,16). The van der Waals surface area contributed by atoms with Gasteiger partial charge in [-0.3, -0.25) is 9.52 Å². The van der Waals surface area contributed by atoms with Crippen molar-refractivity contribution in [3.05, 3.63) is 29.8 Å². The number of halogens is 3. The molecule has 0 heterocycles. The van der Waals surface area contributed by atoms with Crippen molar-refractivity contribution in [2.45, 2.75) is 18.3 Å². The molecule has 9 heteroatoms. The van der Waals surface area contributed by atoms with E-state index in [4.69, 9.17) is 5.11 Å². The topological polar surface area (TPSA) is 83.5 Å². The van der Waals surface area contributed by atoms with Gasteiger partial charge in [-0.2, -0.15) is 21.6 Å². The van der Waals surface area contributed by atoms with E-state index in [1.165, 1.54) is 16.9 Å². The van der Waals surface area contributed by atoms with Gasteiger partial charge in [-0.25, -0.2) is 0 Å². The Morgan fingerprint density at radius 3 is 2.47 bits per heavy atom. The minimum atomic E-state index is -5.47. The van der Waals surface area contributed by atoms with Gasteiger partial charge in [0.05, 0.1) is 0 Å². The van der Waals surface area contributed by atoms with Crippen molar-refractivity contribution < 1.29 is 31.5 Å². The van der Waals surface area contributed by atoms with Crippen LogP contribution in [0.4, 0.5) is 18.9 Å². The number of carboxylic acids is 1. The van der Waals surface area contributed by atoms with Gasteiger partial charge >= 0.3 is 21.5 Å². The van der Waals surface area contributed by atoms with E-state index in [1.54, 1.807) is 0 Å². The number of sulfonamides is 1. The molecule has 0 unspecified atom stereocenters. The average molecular weight is 297 g/mol. The van der Waals surface area contributed by atoms with Crippen LogP contribution in [0.2, 0.25) is 0 Å². The van der Waals surface area contributed by atoms with Crippen LogP contribution in [-0.4, -0.2) is 25.0 Å². The van der Waals surface area contributed by atoms with Crippen molar-refractivity contribution in [1.29, 1.82) is 0 Å². The highest BCUT2D eigenvalue weighted by Crippen LogP contribution is 2.25. The molecule has 0 aliphatic carbocycles. The third-order valence-electron chi connectivity index (χ3n) is 2.11. The molecule has 0 amide bonds. The molecular formula is C10H10F3NO4S. The number of hydrogen-bond acceptors (Lipinski definition) is 3. The van der Waals surface area contributed by atoms with Gasteiger partial charge in [0.25, 0.3) is 0 Å². The summed E-state index contributed by atoms with van der Waals surface area (Å²) in [5.41, 5.74) is -5.24. The van der Waals surface area contributed by atoms with Crippen LogP contribution in [-0.2, 0) is 21.2 Å². The molecule has 0 aliphatic heterocycles. The number of rotatable bonds is 5. The number of nitrogens with one attached hydrogen (secondary N) is 1. The smallest absolute Gasteiger partial charge is 0.481 e. The molecule has 1 rings (SSSR count). The minimum Gasteiger partial charge on any atom is -0.481 e. The van der Waals surface area contributed by atoms with Crippen LogP contribution < -0.4 is 4.72 Å². The lowest BCUT2D eigenvalue weighted by Crippen LogP contribution is -2.29. The highest BCUT2D eigenvalue weighted by molar-refractivity contribution is 7.93. The van der Waals surface area contributed by atoms with Gasteiger partial charge in [-0.05, 0) is 24.1 Å². The Kier molecular flexibility index (Phi) is 4.40. The number of anilines is 1. The number of benzene rings is 1. The second-order valence-corrected chi connectivity index (χ2v) is 5.32. The summed E-state index contributed by atoms with van der Waals surface area (Å²) in [6, 6.07) is 5.14. The zero-order valence-corrected chi connectivity index (χ0v) is 10.3. The maximum Gasteiger partial charge on any atom is 0.516 e. The van der Waals surface area contributed by atoms with E-state index in [1.807, 2.05) is 0 Å². The molecule has 0 spiro atoms. The molecule has 0 aromatic heterocycles. The third kappa shape index (κ3) is 4.43. The van der Waals surface area contributed by atoms with E-state index in [2.05, 4.69) is 0 Å². The molecule has 1 aromatic carbocycles. The predicted octanol–water partition coefficient (Wildman–Crippen LogP) is 1.97. The fourth-order valence-corrected chi connectivity index (χ4v) is 1.81. The lowest BCUT2D eigenvalue weighted by atomic mass is 10.1. The van der Waals surface area contributed by atoms with Crippen LogP contribution in [0, 0.1) is 0 Å². The first-order valence-electron chi connectivity index (χ1n) is 5.01. The van der Waals surface area contributed by atoms with Gasteiger partial charge in [-0.15, -0.1) is 0 Å². The van der Waals surface area contributed by atoms with E-state index in [0.717, 1.165) is 12.1 Å². The van der Waals surface area contributed by atoms with Crippen LogP contribution in [0.3, 0.4) is 0 Å². The fourth-order valence-electron chi connectivity index (χ4n) is 1.25. The van der Waals surface area contributed by atoms with Crippen LogP contribution in [0.5, 0.6) is 0 Å². The highest BCUT2D eigenvalue weighted by atomic mass is 32.2. The van der Waals surface area contributed by atoms with Gasteiger partial charge in [0.2, 0.25) is 0 Å². The maximum atomic E-state index is 12.1. The highest BCUT2D eigenvalue weighted by Gasteiger charge is 2.46. The number of hydrogen-bond donors (Lipinski definition) is 2. The summed E-state index contributed by atoms with van der Waals surface area (Å²) < 4.78 is 59.6. The summed E-state index contributed by atoms with van der Waals surface area (Å²) in [4.78, 5) is 10.4. The predicted molar refractivity (Wildman–Crippen MR) is 61.0 cm³/mol. The number of carboxylic acid groups (broad SMARTS) is 1. The van der Waals surface area contributed by atoms with E-state index in [9.17, 15) is 26.4 Å². The van der Waals surface area contributed by atoms with Crippen molar-refractivity contribution in [3.8, 4) is 0 Å². The monoisotopic (exact) mass is 297 g/mol. The molecule has 2 N–H and O–H groups in total. The summed E-state index contributed by atoms with van der Waals surface area (Å²) in [5.74, 6) is -1.05. The lowest BCUT2D eigenvalue weighted by molar-refractivity contribution is -0.136. The minimum absolute atomic E-state index is 0.0942. The van der Waals surface area contributed by atoms with Crippen LogP contribution >= 0.6 is 0 Å². The normalized spacial score (nSPS) is 12.2. The third-order valence-corrected chi connectivity index (χ3v) is 3.23. The van der Waals surface area contributed by atoms with Crippen molar-refractivity contribution >= 4 is 21.7 Å². The number of aliphatic carboxylic acids is 1.